The van der Waals surface area contributed by atoms with E-state index in [1.165, 1.54) is 26.3 Å². The minimum absolute atomic E-state index is 0.176. The van der Waals surface area contributed by atoms with E-state index in [9.17, 15) is 14.4 Å². The van der Waals surface area contributed by atoms with Crippen molar-refractivity contribution in [3.8, 4) is 11.5 Å². The lowest BCUT2D eigenvalue weighted by Crippen LogP contribution is -2.39. The highest BCUT2D eigenvalue weighted by Gasteiger charge is 2.17. The molecule has 0 atom stereocenters. The summed E-state index contributed by atoms with van der Waals surface area (Å²) in [5.41, 5.74) is 0.176. The molecule has 0 saturated heterocycles. The molecular weight excluding hydrogens is 384 g/mol. The van der Waals surface area contributed by atoms with E-state index in [1.54, 1.807) is 0 Å². The Morgan fingerprint density at radius 3 is 2.54 bits per heavy atom. The number of methoxy groups -OCH3 is 1. The largest absolute Gasteiger partial charge is 0.493 e. The van der Waals surface area contributed by atoms with Gasteiger partial charge in [-0.3, -0.25) is 10.1 Å². The van der Waals surface area contributed by atoms with Gasteiger partial charge < -0.3 is 19.5 Å². The molecule has 0 spiro atoms. The maximum absolute atomic E-state index is 12.0. The van der Waals surface area contributed by atoms with Gasteiger partial charge in [0.2, 0.25) is 0 Å². The topological polar surface area (TPSA) is 103 Å². The van der Waals surface area contributed by atoms with Gasteiger partial charge in [0.15, 0.2) is 18.1 Å². The molecule has 0 aliphatic carbocycles. The molecule has 0 aromatic heterocycles. The fraction of sp³-hybridized carbons (Fsp3) is 0.400. The quantitative estimate of drug-likeness (QED) is 0.674. The van der Waals surface area contributed by atoms with Crippen LogP contribution in [0.25, 0.3) is 0 Å². The summed E-state index contributed by atoms with van der Waals surface area (Å²) in [5, 5.41) is 4.20. The lowest BCUT2D eigenvalue weighted by atomic mass is 10.2. The average Bonchev–Trinajstić information content (AvgIpc) is 2.57. The van der Waals surface area contributed by atoms with Crippen LogP contribution in [0.2, 0.25) is 0 Å². The third-order valence-electron chi connectivity index (χ3n) is 2.73. The minimum Gasteiger partial charge on any atom is -0.493 e. The summed E-state index contributed by atoms with van der Waals surface area (Å²) >= 11 is 3.31. The van der Waals surface area contributed by atoms with E-state index in [2.05, 4.69) is 21.2 Å². The molecule has 2 N–H and O–H groups in total. The summed E-state index contributed by atoms with van der Waals surface area (Å²) in [6.45, 7) is 1.88. The summed E-state index contributed by atoms with van der Waals surface area (Å²) < 4.78 is 16.2. The van der Waals surface area contributed by atoms with Gasteiger partial charge in [-0.2, -0.15) is 0 Å². The molecule has 0 aliphatic heterocycles. The lowest BCUT2D eigenvalue weighted by molar-refractivity contribution is -0.123. The van der Waals surface area contributed by atoms with E-state index in [1.807, 2.05) is 12.2 Å². The Kier molecular flexibility index (Phi) is 8.03. The predicted octanol–water partition coefficient (Wildman–Crippen LogP) is 1.86. The number of carbonyl (C=O) groups is 3. The molecule has 3 amide bonds. The van der Waals surface area contributed by atoms with Gasteiger partial charge in [0.25, 0.3) is 5.91 Å². The Balaban J connectivity index is 2.79. The number of imide groups is 1. The van der Waals surface area contributed by atoms with Crippen LogP contribution < -0.4 is 20.1 Å². The second-order valence-corrected chi connectivity index (χ2v) is 5.40. The second-order valence-electron chi connectivity index (χ2n) is 4.54. The minimum atomic E-state index is -0.739. The Morgan fingerprint density at radius 2 is 1.96 bits per heavy atom. The summed E-state index contributed by atoms with van der Waals surface area (Å²) in [6, 6.07) is 2.28. The molecule has 1 aromatic rings. The van der Waals surface area contributed by atoms with Crippen LogP contribution in [0.3, 0.4) is 0 Å². The fourth-order valence-electron chi connectivity index (χ4n) is 1.62. The smallest absolute Gasteiger partial charge is 0.338 e. The molecule has 1 rings (SSSR count). The first kappa shape index (κ1) is 19.8. The van der Waals surface area contributed by atoms with E-state index in [4.69, 9.17) is 14.2 Å². The SMILES string of the molecule is CCCOc1c(Br)cc(C(=O)OCC(=O)NC(=O)NC)cc1OC. The van der Waals surface area contributed by atoms with Crippen LogP contribution in [0.4, 0.5) is 4.79 Å². The number of halogens is 1. The van der Waals surface area contributed by atoms with Gasteiger partial charge in [0, 0.05) is 7.05 Å². The van der Waals surface area contributed by atoms with Crippen molar-refractivity contribution in [2.24, 2.45) is 0 Å². The van der Waals surface area contributed by atoms with E-state index >= 15 is 0 Å². The van der Waals surface area contributed by atoms with Crippen LogP contribution in [0.1, 0.15) is 23.7 Å². The van der Waals surface area contributed by atoms with Crippen LogP contribution in [0, 0.1) is 0 Å². The number of hydrogen-bond donors (Lipinski definition) is 2. The molecule has 0 aliphatic rings. The lowest BCUT2D eigenvalue weighted by Gasteiger charge is -2.13. The molecule has 0 saturated carbocycles. The Morgan fingerprint density at radius 1 is 1.25 bits per heavy atom. The van der Waals surface area contributed by atoms with Crippen LogP contribution in [-0.2, 0) is 9.53 Å². The van der Waals surface area contributed by atoms with Crippen molar-refractivity contribution in [3.63, 3.8) is 0 Å². The van der Waals surface area contributed by atoms with Gasteiger partial charge in [-0.25, -0.2) is 9.59 Å². The number of urea groups is 1. The van der Waals surface area contributed by atoms with Crippen LogP contribution in [-0.4, -0.2) is 45.3 Å². The van der Waals surface area contributed by atoms with Crippen molar-refractivity contribution in [2.75, 3.05) is 27.4 Å². The van der Waals surface area contributed by atoms with Crippen molar-refractivity contribution in [1.29, 1.82) is 0 Å². The first-order valence-electron chi connectivity index (χ1n) is 7.11. The van der Waals surface area contributed by atoms with E-state index < -0.39 is 24.5 Å². The zero-order valence-electron chi connectivity index (χ0n) is 13.6. The fourth-order valence-corrected chi connectivity index (χ4v) is 2.18. The average molecular weight is 403 g/mol. The first-order chi connectivity index (χ1) is 11.4. The van der Waals surface area contributed by atoms with E-state index in [0.717, 1.165) is 6.42 Å². The first-order valence-corrected chi connectivity index (χ1v) is 7.91. The van der Waals surface area contributed by atoms with Gasteiger partial charge >= 0.3 is 12.0 Å². The van der Waals surface area contributed by atoms with Crippen LogP contribution in [0.15, 0.2) is 16.6 Å². The summed E-state index contributed by atoms with van der Waals surface area (Å²) in [4.78, 5) is 34.4. The zero-order valence-corrected chi connectivity index (χ0v) is 15.2. The molecule has 8 nitrogen and oxygen atoms in total. The van der Waals surface area contributed by atoms with Gasteiger partial charge in [-0.05, 0) is 34.5 Å². The second kappa shape index (κ2) is 9.76. The molecule has 1 aromatic carbocycles. The molecule has 132 valence electrons. The van der Waals surface area contributed by atoms with Gasteiger partial charge in [-0.15, -0.1) is 0 Å². The maximum atomic E-state index is 12.0. The molecule has 0 radical (unpaired) electrons. The summed E-state index contributed by atoms with van der Waals surface area (Å²) in [5.74, 6) is -0.632. The third-order valence-corrected chi connectivity index (χ3v) is 3.32. The number of amides is 3. The number of benzene rings is 1. The molecule has 0 unspecified atom stereocenters. The standard InChI is InChI=1S/C15H19BrN2O6/c1-4-5-23-13-10(16)6-9(7-11(13)22-3)14(20)24-8-12(19)18-15(21)17-2/h6-7H,4-5,8H2,1-3H3,(H2,17,18,19,21). The van der Waals surface area contributed by atoms with Gasteiger partial charge in [-0.1, -0.05) is 6.92 Å². The van der Waals surface area contributed by atoms with Gasteiger partial charge in [0.05, 0.1) is 23.8 Å². The Labute approximate surface area is 148 Å². The molecule has 0 heterocycles. The van der Waals surface area contributed by atoms with Crippen molar-refractivity contribution in [1.82, 2.24) is 10.6 Å². The van der Waals surface area contributed by atoms with Crippen LogP contribution in [0.5, 0.6) is 11.5 Å². The Bertz CT molecular complexity index is 620. The Hall–Kier alpha value is -2.29. The molecule has 9 heteroatoms. The third kappa shape index (κ3) is 5.73. The molecule has 0 fully saturated rings. The molecule has 0 bridgehead atoms. The number of carbonyl (C=O) groups excluding carboxylic acids is 3. The number of esters is 1. The monoisotopic (exact) mass is 402 g/mol. The van der Waals surface area contributed by atoms with Crippen molar-refractivity contribution < 1.29 is 28.6 Å². The highest BCUT2D eigenvalue weighted by molar-refractivity contribution is 9.10. The van der Waals surface area contributed by atoms with Crippen molar-refractivity contribution >= 4 is 33.8 Å². The predicted molar refractivity (Wildman–Crippen MR) is 89.4 cm³/mol. The van der Waals surface area contributed by atoms with E-state index in [0.29, 0.717) is 22.6 Å². The highest BCUT2D eigenvalue weighted by Crippen LogP contribution is 2.36. The van der Waals surface area contributed by atoms with Crippen molar-refractivity contribution in [3.05, 3.63) is 22.2 Å². The summed E-state index contributed by atoms with van der Waals surface area (Å²) in [7, 11) is 2.81. The number of ether oxygens (including phenoxy) is 3. The highest BCUT2D eigenvalue weighted by atomic mass is 79.9. The zero-order chi connectivity index (χ0) is 18.1. The maximum Gasteiger partial charge on any atom is 0.338 e. The molecular formula is C15H19BrN2O6. The number of nitrogens with one attached hydrogen (secondary N) is 2. The molecule has 24 heavy (non-hydrogen) atoms. The normalized spacial score (nSPS) is 9.83. The van der Waals surface area contributed by atoms with Crippen molar-refractivity contribution in [2.45, 2.75) is 13.3 Å². The number of rotatable bonds is 7. The number of hydrogen-bond acceptors (Lipinski definition) is 6. The van der Waals surface area contributed by atoms with Crippen LogP contribution >= 0.6 is 15.9 Å². The summed E-state index contributed by atoms with van der Waals surface area (Å²) in [6.07, 6.45) is 0.819. The van der Waals surface area contributed by atoms with Gasteiger partial charge in [0.1, 0.15) is 0 Å². The van der Waals surface area contributed by atoms with E-state index in [-0.39, 0.29) is 5.56 Å².